The van der Waals surface area contributed by atoms with Crippen LogP contribution in [-0.4, -0.2) is 29.7 Å². The fraction of sp³-hybridized carbons (Fsp3) is 0.571. The fourth-order valence-electron chi connectivity index (χ4n) is 2.14. The SMILES string of the molecule is CCOc1ccc(SN2CCC[C@@](C)(F)C2)cc1. The summed E-state index contributed by atoms with van der Waals surface area (Å²) in [5.41, 5.74) is -1.05. The molecule has 1 aromatic rings. The second-order valence-corrected chi connectivity index (χ2v) is 6.05. The Hall–Kier alpha value is -0.740. The lowest BCUT2D eigenvalue weighted by Crippen LogP contribution is -2.39. The van der Waals surface area contributed by atoms with E-state index in [2.05, 4.69) is 4.31 Å². The highest BCUT2D eigenvalue weighted by molar-refractivity contribution is 7.97. The van der Waals surface area contributed by atoms with Crippen molar-refractivity contribution in [3.8, 4) is 5.75 Å². The summed E-state index contributed by atoms with van der Waals surface area (Å²) in [4.78, 5) is 1.14. The number of halogens is 1. The number of hydrogen-bond acceptors (Lipinski definition) is 3. The summed E-state index contributed by atoms with van der Waals surface area (Å²) < 4.78 is 21.4. The van der Waals surface area contributed by atoms with E-state index >= 15 is 0 Å². The summed E-state index contributed by atoms with van der Waals surface area (Å²) >= 11 is 1.63. The van der Waals surface area contributed by atoms with Crippen LogP contribution in [0.3, 0.4) is 0 Å². The zero-order valence-corrected chi connectivity index (χ0v) is 11.8. The summed E-state index contributed by atoms with van der Waals surface area (Å²) in [6, 6.07) is 7.98. The number of nitrogens with zero attached hydrogens (tertiary/aromatic N) is 1. The smallest absolute Gasteiger partial charge is 0.121 e. The first-order valence-corrected chi connectivity index (χ1v) is 7.21. The predicted molar refractivity (Wildman–Crippen MR) is 73.8 cm³/mol. The van der Waals surface area contributed by atoms with Crippen molar-refractivity contribution in [2.24, 2.45) is 0 Å². The van der Waals surface area contributed by atoms with Gasteiger partial charge in [0.1, 0.15) is 11.4 Å². The summed E-state index contributed by atoms with van der Waals surface area (Å²) in [5.74, 6) is 0.885. The quantitative estimate of drug-likeness (QED) is 0.769. The minimum Gasteiger partial charge on any atom is -0.494 e. The van der Waals surface area contributed by atoms with Gasteiger partial charge >= 0.3 is 0 Å². The lowest BCUT2D eigenvalue weighted by molar-refractivity contribution is 0.108. The van der Waals surface area contributed by atoms with E-state index in [0.29, 0.717) is 19.6 Å². The van der Waals surface area contributed by atoms with Crippen LogP contribution in [-0.2, 0) is 0 Å². The average Bonchev–Trinajstić information content (AvgIpc) is 2.31. The Balaban J connectivity index is 1.92. The van der Waals surface area contributed by atoms with Crippen molar-refractivity contribution in [1.29, 1.82) is 0 Å². The summed E-state index contributed by atoms with van der Waals surface area (Å²) in [6.07, 6.45) is 1.60. The van der Waals surface area contributed by atoms with Gasteiger partial charge in [0, 0.05) is 18.0 Å². The van der Waals surface area contributed by atoms with E-state index in [4.69, 9.17) is 4.74 Å². The third kappa shape index (κ3) is 3.89. The maximum atomic E-state index is 13.9. The van der Waals surface area contributed by atoms with E-state index in [1.54, 1.807) is 18.9 Å². The summed E-state index contributed by atoms with van der Waals surface area (Å²) in [6.45, 7) is 5.80. The van der Waals surface area contributed by atoms with Crippen molar-refractivity contribution in [3.05, 3.63) is 24.3 Å². The Kier molecular flexibility index (Phi) is 4.51. The van der Waals surface area contributed by atoms with E-state index in [-0.39, 0.29) is 0 Å². The predicted octanol–water partition coefficient (Wildman–Crippen LogP) is 3.92. The van der Waals surface area contributed by atoms with Gasteiger partial charge in [-0.2, -0.15) is 0 Å². The Morgan fingerprint density at radius 3 is 2.72 bits per heavy atom. The number of piperidine rings is 1. The Morgan fingerprint density at radius 1 is 1.39 bits per heavy atom. The molecular weight excluding hydrogens is 249 g/mol. The molecular formula is C14H20FNOS. The number of rotatable bonds is 4. The van der Waals surface area contributed by atoms with E-state index in [0.717, 1.165) is 23.6 Å². The Morgan fingerprint density at radius 2 is 2.11 bits per heavy atom. The lowest BCUT2D eigenvalue weighted by atomic mass is 9.99. The van der Waals surface area contributed by atoms with Crippen LogP contribution < -0.4 is 4.74 Å². The van der Waals surface area contributed by atoms with Crippen LogP contribution in [0.25, 0.3) is 0 Å². The van der Waals surface area contributed by atoms with Crippen LogP contribution in [0.4, 0.5) is 4.39 Å². The molecule has 1 heterocycles. The summed E-state index contributed by atoms with van der Waals surface area (Å²) in [7, 11) is 0. The van der Waals surface area contributed by atoms with Gasteiger partial charge in [-0.25, -0.2) is 8.70 Å². The van der Waals surface area contributed by atoms with Gasteiger partial charge in [-0.3, -0.25) is 0 Å². The highest BCUT2D eigenvalue weighted by Gasteiger charge is 2.30. The van der Waals surface area contributed by atoms with Gasteiger partial charge < -0.3 is 4.74 Å². The van der Waals surface area contributed by atoms with Crippen molar-refractivity contribution >= 4 is 11.9 Å². The van der Waals surface area contributed by atoms with Gasteiger partial charge in [0.15, 0.2) is 0 Å². The Bertz CT molecular complexity index is 380. The van der Waals surface area contributed by atoms with E-state index in [1.807, 2.05) is 31.2 Å². The average molecular weight is 269 g/mol. The number of alkyl halides is 1. The standard InChI is InChI=1S/C14H20FNOS/c1-3-17-12-5-7-13(8-6-12)18-16-10-4-9-14(2,15)11-16/h5-8H,3-4,9-11H2,1-2H3/t14-/m1/s1. The third-order valence-electron chi connectivity index (χ3n) is 2.98. The molecule has 0 spiro atoms. The molecule has 1 saturated heterocycles. The molecule has 4 heteroatoms. The van der Waals surface area contributed by atoms with Crippen LogP contribution in [0.2, 0.25) is 0 Å². The molecule has 1 aromatic carbocycles. The van der Waals surface area contributed by atoms with Gasteiger partial charge in [-0.15, -0.1) is 0 Å². The van der Waals surface area contributed by atoms with Crippen molar-refractivity contribution in [2.45, 2.75) is 37.3 Å². The maximum absolute atomic E-state index is 13.9. The van der Waals surface area contributed by atoms with E-state index in [1.165, 1.54) is 0 Å². The maximum Gasteiger partial charge on any atom is 0.121 e. The van der Waals surface area contributed by atoms with Crippen molar-refractivity contribution in [3.63, 3.8) is 0 Å². The molecule has 1 aliphatic heterocycles. The molecule has 2 rings (SSSR count). The first-order valence-electron chi connectivity index (χ1n) is 6.44. The second kappa shape index (κ2) is 5.93. The largest absolute Gasteiger partial charge is 0.494 e. The molecule has 100 valence electrons. The van der Waals surface area contributed by atoms with Crippen LogP contribution in [0, 0.1) is 0 Å². The topological polar surface area (TPSA) is 12.5 Å². The van der Waals surface area contributed by atoms with Crippen molar-refractivity contribution < 1.29 is 9.13 Å². The molecule has 1 aliphatic rings. The number of ether oxygens (including phenoxy) is 1. The second-order valence-electron chi connectivity index (χ2n) is 4.88. The van der Waals surface area contributed by atoms with Gasteiger partial charge in [0.25, 0.3) is 0 Å². The zero-order valence-electron chi connectivity index (χ0n) is 11.0. The molecule has 0 unspecified atom stereocenters. The number of hydrogen-bond donors (Lipinski definition) is 0. The van der Waals surface area contributed by atoms with Crippen LogP contribution in [0.5, 0.6) is 5.75 Å². The van der Waals surface area contributed by atoms with Gasteiger partial charge in [0.05, 0.1) is 6.61 Å². The number of benzene rings is 1. The fourth-order valence-corrected chi connectivity index (χ4v) is 3.25. The highest BCUT2D eigenvalue weighted by atomic mass is 32.2. The van der Waals surface area contributed by atoms with E-state index < -0.39 is 5.67 Å². The molecule has 0 amide bonds. The lowest BCUT2D eigenvalue weighted by Gasteiger charge is -2.34. The van der Waals surface area contributed by atoms with Crippen molar-refractivity contribution in [2.75, 3.05) is 19.7 Å². The monoisotopic (exact) mass is 269 g/mol. The van der Waals surface area contributed by atoms with Crippen LogP contribution in [0.1, 0.15) is 26.7 Å². The Labute approximate surface area is 113 Å². The first kappa shape index (κ1) is 13.7. The molecule has 1 atom stereocenters. The molecule has 0 bridgehead atoms. The van der Waals surface area contributed by atoms with Crippen LogP contribution >= 0.6 is 11.9 Å². The zero-order chi connectivity index (χ0) is 13.0. The molecule has 2 nitrogen and oxygen atoms in total. The summed E-state index contributed by atoms with van der Waals surface area (Å²) in [5, 5.41) is 0. The van der Waals surface area contributed by atoms with Gasteiger partial charge in [-0.05, 0) is 62.9 Å². The molecule has 0 aromatic heterocycles. The van der Waals surface area contributed by atoms with E-state index in [9.17, 15) is 4.39 Å². The minimum atomic E-state index is -1.05. The molecule has 1 fully saturated rings. The highest BCUT2D eigenvalue weighted by Crippen LogP contribution is 2.32. The molecule has 0 radical (unpaired) electrons. The normalized spacial score (nSPS) is 25.1. The first-order chi connectivity index (χ1) is 8.59. The molecule has 0 N–H and O–H groups in total. The third-order valence-corrected chi connectivity index (χ3v) is 4.03. The van der Waals surface area contributed by atoms with Gasteiger partial charge in [0.2, 0.25) is 0 Å². The molecule has 0 aliphatic carbocycles. The van der Waals surface area contributed by atoms with Crippen molar-refractivity contribution in [1.82, 2.24) is 4.31 Å². The molecule has 18 heavy (non-hydrogen) atoms. The van der Waals surface area contributed by atoms with Crippen LogP contribution in [0.15, 0.2) is 29.2 Å². The minimum absolute atomic E-state index is 0.505. The van der Waals surface area contributed by atoms with Gasteiger partial charge in [-0.1, -0.05) is 0 Å². The molecule has 0 saturated carbocycles.